The first-order chi connectivity index (χ1) is 17.0. The number of ether oxygens (including phenoxy) is 3. The largest absolute Gasteiger partial charge is 0.493 e. The molecule has 188 valence electrons. The van der Waals surface area contributed by atoms with Crippen LogP contribution in [0.25, 0.3) is 0 Å². The Bertz CT molecular complexity index is 1020. The number of aromatic nitrogens is 1. The van der Waals surface area contributed by atoms with Crippen molar-refractivity contribution < 1.29 is 28.6 Å². The Labute approximate surface area is 206 Å². The van der Waals surface area contributed by atoms with E-state index < -0.39 is 23.7 Å². The van der Waals surface area contributed by atoms with Crippen LogP contribution in [0.5, 0.6) is 11.5 Å². The topological polar surface area (TPSA) is 95.0 Å². The van der Waals surface area contributed by atoms with E-state index >= 15 is 0 Å². The Morgan fingerprint density at radius 2 is 1.91 bits per heavy atom. The lowest BCUT2D eigenvalue weighted by atomic mass is 9.99. The number of Topliss-reactive ketones (excluding diaryl/α,β-unsaturated/α-hetero) is 1. The van der Waals surface area contributed by atoms with Gasteiger partial charge in [0, 0.05) is 24.5 Å². The number of nitrogens with zero attached hydrogens (tertiary/aromatic N) is 2. The number of methoxy groups -OCH3 is 2. The minimum absolute atomic E-state index is 0.205. The number of hydrogen-bond acceptors (Lipinski definition) is 7. The third-order valence-electron chi connectivity index (χ3n) is 6.23. The number of carbonyl (C=O) groups excluding carboxylic acids is 3. The highest BCUT2D eigenvalue weighted by molar-refractivity contribution is 6.43. The van der Waals surface area contributed by atoms with Gasteiger partial charge in [0.25, 0.3) is 11.7 Å². The number of ketones is 1. The number of aryl methyl sites for hydroxylation is 2. The molecule has 8 nitrogen and oxygen atoms in total. The van der Waals surface area contributed by atoms with Crippen molar-refractivity contribution in [2.45, 2.75) is 57.9 Å². The predicted octanol–water partition coefficient (Wildman–Crippen LogP) is 3.93. The van der Waals surface area contributed by atoms with E-state index in [1.807, 2.05) is 18.3 Å². The van der Waals surface area contributed by atoms with Gasteiger partial charge < -0.3 is 19.1 Å². The number of rotatable bonds is 11. The van der Waals surface area contributed by atoms with E-state index in [-0.39, 0.29) is 5.56 Å². The fraction of sp³-hybridized carbons (Fsp3) is 0.481. The zero-order chi connectivity index (χ0) is 25.2. The van der Waals surface area contributed by atoms with Crippen LogP contribution >= 0.6 is 0 Å². The number of piperidine rings is 1. The van der Waals surface area contributed by atoms with E-state index in [4.69, 9.17) is 14.2 Å². The van der Waals surface area contributed by atoms with Crippen molar-refractivity contribution in [2.24, 2.45) is 0 Å². The molecule has 2 heterocycles. The average molecular weight is 483 g/mol. The summed E-state index contributed by atoms with van der Waals surface area (Å²) in [7, 11) is 2.99. The van der Waals surface area contributed by atoms with Gasteiger partial charge in [-0.2, -0.15) is 0 Å². The lowest BCUT2D eigenvalue weighted by Crippen LogP contribution is -2.51. The van der Waals surface area contributed by atoms with Crippen molar-refractivity contribution >= 4 is 17.7 Å². The fourth-order valence-electron chi connectivity index (χ4n) is 4.38. The van der Waals surface area contributed by atoms with Gasteiger partial charge in [0.2, 0.25) is 0 Å². The van der Waals surface area contributed by atoms with Crippen LogP contribution in [0.3, 0.4) is 0 Å². The maximum absolute atomic E-state index is 13.1. The summed E-state index contributed by atoms with van der Waals surface area (Å²) in [5.41, 5.74) is 2.08. The van der Waals surface area contributed by atoms with Gasteiger partial charge in [-0.15, -0.1) is 0 Å². The van der Waals surface area contributed by atoms with Crippen LogP contribution in [0.2, 0.25) is 0 Å². The number of pyridine rings is 1. The van der Waals surface area contributed by atoms with Crippen molar-refractivity contribution in [1.29, 1.82) is 0 Å². The van der Waals surface area contributed by atoms with Gasteiger partial charge in [-0.25, -0.2) is 4.79 Å². The number of esters is 1. The minimum atomic E-state index is -0.739. The number of likely N-dealkylation sites (tertiary alicyclic amines) is 1. The van der Waals surface area contributed by atoms with Crippen LogP contribution < -0.4 is 9.47 Å². The first-order valence-corrected chi connectivity index (χ1v) is 12.1. The summed E-state index contributed by atoms with van der Waals surface area (Å²) < 4.78 is 16.1. The summed E-state index contributed by atoms with van der Waals surface area (Å²) in [6.45, 7) is 2.43. The molecule has 0 aliphatic carbocycles. The molecule has 0 saturated carbocycles. The highest BCUT2D eigenvalue weighted by Gasteiger charge is 2.36. The van der Waals surface area contributed by atoms with Gasteiger partial charge in [0.05, 0.1) is 20.8 Å². The van der Waals surface area contributed by atoms with Crippen LogP contribution in [0.1, 0.15) is 60.0 Å². The van der Waals surface area contributed by atoms with E-state index in [9.17, 15) is 14.4 Å². The SMILES string of the molecule is COc1cc(C(=O)C(=O)N2CCCCC2C(=O)OCCCCCc2cccnc2)cc(C)c1OC. The lowest BCUT2D eigenvalue weighted by molar-refractivity contribution is -0.155. The summed E-state index contributed by atoms with van der Waals surface area (Å²) in [6.07, 6.45) is 9.23. The first kappa shape index (κ1) is 26.2. The summed E-state index contributed by atoms with van der Waals surface area (Å²) in [4.78, 5) is 44.4. The number of amides is 1. The molecule has 1 atom stereocenters. The molecule has 3 rings (SSSR count). The van der Waals surface area contributed by atoms with E-state index in [2.05, 4.69) is 4.98 Å². The van der Waals surface area contributed by atoms with Gasteiger partial charge in [0.1, 0.15) is 6.04 Å². The van der Waals surface area contributed by atoms with Gasteiger partial charge in [-0.1, -0.05) is 6.07 Å². The van der Waals surface area contributed by atoms with Gasteiger partial charge in [-0.3, -0.25) is 14.6 Å². The zero-order valence-corrected chi connectivity index (χ0v) is 20.7. The monoisotopic (exact) mass is 482 g/mol. The molecule has 0 radical (unpaired) electrons. The zero-order valence-electron chi connectivity index (χ0n) is 20.7. The fourth-order valence-corrected chi connectivity index (χ4v) is 4.38. The van der Waals surface area contributed by atoms with E-state index in [0.717, 1.165) is 38.5 Å². The third-order valence-corrected chi connectivity index (χ3v) is 6.23. The first-order valence-electron chi connectivity index (χ1n) is 12.1. The molecule has 1 fully saturated rings. The van der Waals surface area contributed by atoms with Crippen molar-refractivity contribution in [3.63, 3.8) is 0 Å². The Kier molecular flexibility index (Phi) is 9.64. The van der Waals surface area contributed by atoms with Crippen molar-refractivity contribution in [3.05, 3.63) is 53.3 Å². The maximum atomic E-state index is 13.1. The molecule has 1 saturated heterocycles. The van der Waals surface area contributed by atoms with E-state index in [1.165, 1.54) is 30.7 Å². The van der Waals surface area contributed by atoms with Crippen molar-refractivity contribution in [1.82, 2.24) is 9.88 Å². The molecule has 1 amide bonds. The molecule has 1 aromatic carbocycles. The molecule has 1 aromatic heterocycles. The smallest absolute Gasteiger partial charge is 0.328 e. The second-order valence-corrected chi connectivity index (χ2v) is 8.71. The summed E-state index contributed by atoms with van der Waals surface area (Å²) >= 11 is 0. The molecule has 0 spiro atoms. The molecule has 1 aliphatic rings. The van der Waals surface area contributed by atoms with E-state index in [0.29, 0.717) is 36.6 Å². The highest BCUT2D eigenvalue weighted by Crippen LogP contribution is 2.32. The van der Waals surface area contributed by atoms with Crippen molar-refractivity contribution in [2.75, 3.05) is 27.4 Å². The molecule has 8 heteroatoms. The van der Waals surface area contributed by atoms with Gasteiger partial charge >= 0.3 is 5.97 Å². The molecular weight excluding hydrogens is 448 g/mol. The third kappa shape index (κ3) is 6.81. The second-order valence-electron chi connectivity index (χ2n) is 8.71. The Hall–Kier alpha value is -3.42. The van der Waals surface area contributed by atoms with Crippen LogP contribution in [0, 0.1) is 6.92 Å². The van der Waals surface area contributed by atoms with Crippen molar-refractivity contribution in [3.8, 4) is 11.5 Å². The Balaban J connectivity index is 1.55. The number of benzene rings is 1. The standard InChI is InChI=1S/C27H34N2O6/c1-19-16-21(17-23(33-2)25(19)34-3)24(30)26(31)29-14-7-6-12-22(29)27(32)35-15-8-4-5-10-20-11-9-13-28-18-20/h9,11,13,16-18,22H,4-8,10,12,14-15H2,1-3H3. The molecule has 35 heavy (non-hydrogen) atoms. The predicted molar refractivity (Wildman–Crippen MR) is 131 cm³/mol. The normalized spacial score (nSPS) is 15.4. The number of carbonyl (C=O) groups is 3. The number of hydrogen-bond donors (Lipinski definition) is 0. The second kappa shape index (κ2) is 12.9. The summed E-state index contributed by atoms with van der Waals surface area (Å²) in [5.74, 6) is -0.932. The van der Waals surface area contributed by atoms with Crippen LogP contribution in [0.4, 0.5) is 0 Å². The van der Waals surface area contributed by atoms with E-state index in [1.54, 1.807) is 19.2 Å². The molecule has 1 unspecified atom stereocenters. The molecule has 0 bridgehead atoms. The average Bonchev–Trinajstić information content (AvgIpc) is 2.89. The quantitative estimate of drug-likeness (QED) is 0.207. The number of unbranched alkanes of at least 4 members (excludes halogenated alkanes) is 2. The summed E-state index contributed by atoms with van der Waals surface area (Å²) in [6, 6.07) is 6.33. The van der Waals surface area contributed by atoms with Gasteiger partial charge in [0.15, 0.2) is 11.5 Å². The molecule has 2 aromatic rings. The Morgan fingerprint density at radius 1 is 1.09 bits per heavy atom. The van der Waals surface area contributed by atoms with Crippen LogP contribution in [-0.2, 0) is 20.7 Å². The Morgan fingerprint density at radius 3 is 2.63 bits per heavy atom. The molecule has 0 N–H and O–H groups in total. The minimum Gasteiger partial charge on any atom is -0.493 e. The maximum Gasteiger partial charge on any atom is 0.328 e. The van der Waals surface area contributed by atoms with Gasteiger partial charge in [-0.05, 0) is 81.2 Å². The molecule has 1 aliphatic heterocycles. The lowest BCUT2D eigenvalue weighted by Gasteiger charge is -2.33. The van der Waals surface area contributed by atoms with Crippen LogP contribution in [-0.4, -0.2) is 61.0 Å². The summed E-state index contributed by atoms with van der Waals surface area (Å²) in [5, 5.41) is 0. The highest BCUT2D eigenvalue weighted by atomic mass is 16.5. The molecular formula is C27H34N2O6. The van der Waals surface area contributed by atoms with Crippen LogP contribution in [0.15, 0.2) is 36.7 Å².